The highest BCUT2D eigenvalue weighted by Crippen LogP contribution is 2.18. The molecule has 0 aliphatic rings. The summed E-state index contributed by atoms with van der Waals surface area (Å²) in [4.78, 5) is 0. The molecule has 0 aliphatic carbocycles. The third-order valence-electron chi connectivity index (χ3n) is 7.12. The zero-order valence-electron chi connectivity index (χ0n) is 22.6. The fourth-order valence-corrected chi connectivity index (χ4v) is 4.73. The van der Waals surface area contributed by atoms with E-state index in [-0.39, 0.29) is 0 Å². The largest absolute Gasteiger partial charge is 0.330 e. The van der Waals surface area contributed by atoms with Crippen molar-refractivity contribution >= 4 is 0 Å². The molecular weight excluding hydrogens is 388 g/mol. The first-order valence-electron chi connectivity index (χ1n) is 14.4. The Balaban J connectivity index is 3.39. The Morgan fingerprint density at radius 3 is 1.53 bits per heavy atom. The summed E-state index contributed by atoms with van der Waals surface area (Å²) in [5.74, 6) is 0. The smallest absolute Gasteiger partial charge is 0.107 e. The van der Waals surface area contributed by atoms with Crippen molar-refractivity contribution in [3.05, 3.63) is 24.8 Å². The number of hydrogen-bond acceptors (Lipinski definition) is 1. The lowest BCUT2D eigenvalue weighted by Crippen LogP contribution is -2.48. The van der Waals surface area contributed by atoms with E-state index in [1.807, 2.05) is 0 Å². The minimum atomic E-state index is 0.576. The normalized spacial score (nSPS) is 13.1. The fourth-order valence-electron chi connectivity index (χ4n) is 4.73. The van der Waals surface area contributed by atoms with Gasteiger partial charge in [0.25, 0.3) is 0 Å². The molecule has 0 fully saturated rings. The molecule has 0 spiro atoms. The van der Waals surface area contributed by atoms with Gasteiger partial charge in [0.1, 0.15) is 6.04 Å². The maximum atomic E-state index is 5.69. The van der Waals surface area contributed by atoms with Crippen LogP contribution < -0.4 is 5.73 Å². The van der Waals surface area contributed by atoms with E-state index in [0.717, 1.165) is 24.0 Å². The van der Waals surface area contributed by atoms with Crippen LogP contribution in [0.1, 0.15) is 135 Å². The SMILES string of the molecule is C=CC(CCCCCCCCCCCC/C=C\CCCCCCCC)[N+](C)(C)CCCN. The predicted octanol–water partition coefficient (Wildman–Crippen LogP) is 8.95. The van der Waals surface area contributed by atoms with Crippen LogP contribution in [0.5, 0.6) is 0 Å². The molecule has 0 amide bonds. The van der Waals surface area contributed by atoms with E-state index in [1.54, 1.807) is 0 Å². The van der Waals surface area contributed by atoms with Crippen molar-refractivity contribution in [1.29, 1.82) is 0 Å². The quantitative estimate of drug-likeness (QED) is 0.0839. The Morgan fingerprint density at radius 1 is 0.656 bits per heavy atom. The van der Waals surface area contributed by atoms with Gasteiger partial charge in [-0.3, -0.25) is 0 Å². The molecule has 190 valence electrons. The molecule has 1 atom stereocenters. The van der Waals surface area contributed by atoms with E-state index in [9.17, 15) is 0 Å². The van der Waals surface area contributed by atoms with Crippen molar-refractivity contribution in [3.63, 3.8) is 0 Å². The molecule has 2 nitrogen and oxygen atoms in total. The van der Waals surface area contributed by atoms with Gasteiger partial charge in [0.15, 0.2) is 0 Å². The van der Waals surface area contributed by atoms with Crippen molar-refractivity contribution in [1.82, 2.24) is 0 Å². The zero-order chi connectivity index (χ0) is 23.8. The number of nitrogens with zero attached hydrogens (tertiary/aromatic N) is 1. The van der Waals surface area contributed by atoms with Gasteiger partial charge in [-0.2, -0.15) is 0 Å². The van der Waals surface area contributed by atoms with Crippen LogP contribution in [-0.2, 0) is 0 Å². The maximum absolute atomic E-state index is 5.69. The van der Waals surface area contributed by atoms with E-state index < -0.39 is 0 Å². The Labute approximate surface area is 203 Å². The second-order valence-electron chi connectivity index (χ2n) is 10.6. The minimum absolute atomic E-state index is 0.576. The molecule has 0 saturated heterocycles. The van der Waals surface area contributed by atoms with Crippen LogP contribution in [0, 0.1) is 0 Å². The third-order valence-corrected chi connectivity index (χ3v) is 7.12. The molecule has 0 aromatic carbocycles. The monoisotopic (exact) mass is 449 g/mol. The average molecular weight is 450 g/mol. The highest BCUT2D eigenvalue weighted by Gasteiger charge is 2.24. The lowest BCUT2D eigenvalue weighted by atomic mass is 10.0. The summed E-state index contributed by atoms with van der Waals surface area (Å²) in [5, 5.41) is 0. The highest BCUT2D eigenvalue weighted by molar-refractivity contribution is 4.81. The van der Waals surface area contributed by atoms with Crippen molar-refractivity contribution in [2.75, 3.05) is 27.2 Å². The van der Waals surface area contributed by atoms with Crippen LogP contribution in [0.4, 0.5) is 0 Å². The molecule has 1 unspecified atom stereocenters. The van der Waals surface area contributed by atoms with Crippen molar-refractivity contribution in [2.45, 2.75) is 141 Å². The van der Waals surface area contributed by atoms with Crippen LogP contribution >= 0.6 is 0 Å². The molecule has 0 rings (SSSR count). The van der Waals surface area contributed by atoms with Gasteiger partial charge in [-0.05, 0) is 44.7 Å². The number of quaternary nitrogens is 1. The lowest BCUT2D eigenvalue weighted by Gasteiger charge is -2.36. The summed E-state index contributed by atoms with van der Waals surface area (Å²) in [6, 6.07) is 0.576. The summed E-state index contributed by atoms with van der Waals surface area (Å²) in [6.07, 6.45) is 34.5. The minimum Gasteiger partial charge on any atom is -0.330 e. The van der Waals surface area contributed by atoms with Gasteiger partial charge in [0.2, 0.25) is 0 Å². The van der Waals surface area contributed by atoms with E-state index >= 15 is 0 Å². The molecule has 0 aromatic heterocycles. The summed E-state index contributed by atoms with van der Waals surface area (Å²) < 4.78 is 1.04. The third kappa shape index (κ3) is 20.0. The molecular formula is C30H61N2+. The van der Waals surface area contributed by atoms with E-state index in [0.29, 0.717) is 6.04 Å². The molecule has 0 aliphatic heterocycles. The van der Waals surface area contributed by atoms with Gasteiger partial charge in [0, 0.05) is 12.8 Å². The van der Waals surface area contributed by atoms with Gasteiger partial charge in [-0.25, -0.2) is 0 Å². The van der Waals surface area contributed by atoms with Gasteiger partial charge in [-0.1, -0.05) is 109 Å². The number of unbranched alkanes of at least 4 members (excludes halogenated alkanes) is 16. The lowest BCUT2D eigenvalue weighted by molar-refractivity contribution is -0.908. The standard InChI is InChI=1S/C30H61N2/c1-5-7-8-9-10-11-12-13-14-15-16-17-18-19-20-21-22-23-24-25-27-30(6-2)32(3,4)29-26-28-31/h6,13-14,30H,2,5,7-12,15-29,31H2,1,3-4H3/q+1/b14-13-. The summed E-state index contributed by atoms with van der Waals surface area (Å²) in [5.41, 5.74) is 5.69. The Hall–Kier alpha value is -0.600. The van der Waals surface area contributed by atoms with Gasteiger partial charge >= 0.3 is 0 Å². The molecule has 2 heteroatoms. The molecule has 0 aromatic rings. The number of hydrogen-bond donors (Lipinski definition) is 1. The molecule has 2 N–H and O–H groups in total. The summed E-state index contributed by atoms with van der Waals surface area (Å²) in [7, 11) is 4.66. The maximum Gasteiger partial charge on any atom is 0.107 e. The van der Waals surface area contributed by atoms with E-state index in [1.165, 1.54) is 122 Å². The Kier molecular flexibility index (Phi) is 23.1. The molecule has 0 heterocycles. The van der Waals surface area contributed by atoms with Gasteiger partial charge in [-0.15, -0.1) is 0 Å². The highest BCUT2D eigenvalue weighted by atomic mass is 15.3. The first-order chi connectivity index (χ1) is 15.6. The van der Waals surface area contributed by atoms with Crippen LogP contribution in [0.25, 0.3) is 0 Å². The summed E-state index contributed by atoms with van der Waals surface area (Å²) in [6.45, 7) is 8.33. The van der Waals surface area contributed by atoms with Crippen LogP contribution in [-0.4, -0.2) is 37.7 Å². The molecule has 0 radical (unpaired) electrons. The summed E-state index contributed by atoms with van der Waals surface area (Å²) >= 11 is 0. The number of nitrogens with two attached hydrogens (primary N) is 1. The van der Waals surface area contributed by atoms with Gasteiger partial charge in [0.05, 0.1) is 20.6 Å². The first-order valence-corrected chi connectivity index (χ1v) is 14.4. The van der Waals surface area contributed by atoms with Crippen LogP contribution in [0.15, 0.2) is 24.8 Å². The number of likely N-dealkylation sites (N-methyl/N-ethyl adjacent to an activating group) is 1. The van der Waals surface area contributed by atoms with Crippen molar-refractivity contribution in [2.24, 2.45) is 5.73 Å². The second-order valence-corrected chi connectivity index (χ2v) is 10.6. The Bertz CT molecular complexity index is 413. The predicted molar refractivity (Wildman–Crippen MR) is 147 cm³/mol. The van der Waals surface area contributed by atoms with Gasteiger partial charge < -0.3 is 10.2 Å². The number of allylic oxidation sites excluding steroid dienone is 2. The Morgan fingerprint density at radius 2 is 1.09 bits per heavy atom. The average Bonchev–Trinajstić information content (AvgIpc) is 2.78. The first kappa shape index (κ1) is 31.4. The molecule has 0 saturated carbocycles. The fraction of sp³-hybridized carbons (Fsp3) is 0.867. The van der Waals surface area contributed by atoms with E-state index in [2.05, 4.69) is 45.8 Å². The van der Waals surface area contributed by atoms with Crippen molar-refractivity contribution < 1.29 is 4.48 Å². The van der Waals surface area contributed by atoms with Crippen LogP contribution in [0.3, 0.4) is 0 Å². The zero-order valence-corrected chi connectivity index (χ0v) is 22.6. The van der Waals surface area contributed by atoms with Crippen LogP contribution in [0.2, 0.25) is 0 Å². The second kappa shape index (κ2) is 23.6. The van der Waals surface area contributed by atoms with E-state index in [4.69, 9.17) is 5.73 Å². The number of rotatable bonds is 25. The topological polar surface area (TPSA) is 26.0 Å². The van der Waals surface area contributed by atoms with Crippen molar-refractivity contribution in [3.8, 4) is 0 Å². The molecule has 0 bridgehead atoms. The molecule has 32 heavy (non-hydrogen) atoms.